The fourth-order valence-corrected chi connectivity index (χ4v) is 3.09. The number of esters is 1. The van der Waals surface area contributed by atoms with Crippen LogP contribution in [0.3, 0.4) is 0 Å². The average molecular weight is 453 g/mol. The number of rotatable bonds is 8. The van der Waals surface area contributed by atoms with Crippen molar-refractivity contribution in [2.45, 2.75) is 52.5 Å². The van der Waals surface area contributed by atoms with Gasteiger partial charge in [0.25, 0.3) is 11.8 Å². The van der Waals surface area contributed by atoms with E-state index in [1.54, 1.807) is 50.2 Å². The molecule has 1 atom stereocenters. The molecule has 33 heavy (non-hydrogen) atoms. The van der Waals surface area contributed by atoms with Crippen LogP contribution in [-0.4, -0.2) is 36.3 Å². The molecule has 2 aromatic rings. The van der Waals surface area contributed by atoms with Crippen LogP contribution in [0.5, 0.6) is 0 Å². The number of benzene rings is 2. The maximum Gasteiger partial charge on any atom is 0.329 e. The molecule has 0 heterocycles. The van der Waals surface area contributed by atoms with Gasteiger partial charge < -0.3 is 10.1 Å². The Labute approximate surface area is 194 Å². The lowest BCUT2D eigenvalue weighted by Gasteiger charge is -2.22. The Balaban J connectivity index is 1.89. The van der Waals surface area contributed by atoms with Gasteiger partial charge in [-0.05, 0) is 34.6 Å². The zero-order chi connectivity index (χ0) is 24.6. The van der Waals surface area contributed by atoms with Gasteiger partial charge in [-0.2, -0.15) is 0 Å². The largest absolute Gasteiger partial charge is 0.454 e. The Hall–Kier alpha value is -3.48. The van der Waals surface area contributed by atoms with E-state index >= 15 is 0 Å². The van der Waals surface area contributed by atoms with Gasteiger partial charge >= 0.3 is 5.97 Å². The highest BCUT2D eigenvalue weighted by atomic mass is 16.5. The van der Waals surface area contributed by atoms with Gasteiger partial charge in [0.05, 0.1) is 6.42 Å². The summed E-state index contributed by atoms with van der Waals surface area (Å²) in [4.78, 5) is 49.1. The monoisotopic (exact) mass is 452 g/mol. The molecule has 0 aliphatic heterocycles. The second kappa shape index (κ2) is 11.4. The molecule has 2 N–H and O–H groups in total. The zero-order valence-electron chi connectivity index (χ0n) is 19.8. The van der Waals surface area contributed by atoms with Crippen LogP contribution < -0.4 is 10.6 Å². The first-order chi connectivity index (χ1) is 15.5. The van der Waals surface area contributed by atoms with E-state index in [1.807, 2.05) is 18.2 Å². The summed E-state index contributed by atoms with van der Waals surface area (Å²) < 4.78 is 5.06. The second-order valence-corrected chi connectivity index (χ2v) is 9.26. The normalized spacial score (nSPS) is 12.1. The third-order valence-electron chi connectivity index (χ3n) is 5.05. The molecule has 7 heteroatoms. The van der Waals surface area contributed by atoms with Crippen LogP contribution >= 0.6 is 0 Å². The summed E-state index contributed by atoms with van der Waals surface area (Å²) in [5.41, 5.74) is 2.23. The van der Waals surface area contributed by atoms with Gasteiger partial charge in [-0.25, -0.2) is 4.79 Å². The van der Waals surface area contributed by atoms with Crippen molar-refractivity contribution in [2.75, 3.05) is 6.61 Å². The van der Waals surface area contributed by atoms with E-state index in [-0.39, 0.29) is 17.8 Å². The standard InChI is InChI=1S/C26H32N2O5/c1-17(2)23(28-24(31)19-11-13-20(14-12-19)26(3,4)5)25(32)33-16-22(30)27-21(29)15-18-9-7-6-8-10-18/h6-14,17,23H,15-16H2,1-5H3,(H,28,31)(H,27,29,30)/t23-/m0/s1. The number of hydrogen-bond acceptors (Lipinski definition) is 5. The Morgan fingerprint density at radius 1 is 0.879 bits per heavy atom. The van der Waals surface area contributed by atoms with Crippen molar-refractivity contribution >= 4 is 23.7 Å². The number of carbonyl (C=O) groups is 4. The molecule has 0 saturated carbocycles. The van der Waals surface area contributed by atoms with Gasteiger partial charge in [-0.15, -0.1) is 0 Å². The number of imide groups is 1. The van der Waals surface area contributed by atoms with E-state index < -0.39 is 36.3 Å². The molecular formula is C26H32N2O5. The molecule has 3 amide bonds. The lowest BCUT2D eigenvalue weighted by molar-refractivity contribution is -0.152. The first kappa shape index (κ1) is 25.8. The summed E-state index contributed by atoms with van der Waals surface area (Å²) in [5, 5.41) is 4.87. The molecule has 0 aliphatic carbocycles. The van der Waals surface area contributed by atoms with Crippen molar-refractivity contribution < 1.29 is 23.9 Å². The minimum absolute atomic E-state index is 0.0394. The van der Waals surface area contributed by atoms with E-state index in [0.29, 0.717) is 5.56 Å². The number of ether oxygens (including phenoxy) is 1. The predicted molar refractivity (Wildman–Crippen MR) is 125 cm³/mol. The SMILES string of the molecule is CC(C)[C@H](NC(=O)c1ccc(C(C)(C)C)cc1)C(=O)OCC(=O)NC(=O)Cc1ccccc1. The van der Waals surface area contributed by atoms with Gasteiger partial charge in [-0.3, -0.25) is 19.7 Å². The summed E-state index contributed by atoms with van der Waals surface area (Å²) in [7, 11) is 0. The van der Waals surface area contributed by atoms with E-state index in [1.165, 1.54) is 0 Å². The van der Waals surface area contributed by atoms with Crippen molar-refractivity contribution in [3.05, 3.63) is 71.3 Å². The molecule has 0 radical (unpaired) electrons. The Morgan fingerprint density at radius 2 is 1.48 bits per heavy atom. The summed E-state index contributed by atoms with van der Waals surface area (Å²) in [6.07, 6.45) is 0.0409. The quantitative estimate of drug-likeness (QED) is 0.599. The molecule has 2 rings (SSSR count). The minimum atomic E-state index is -0.937. The van der Waals surface area contributed by atoms with E-state index in [0.717, 1.165) is 11.1 Å². The van der Waals surface area contributed by atoms with Crippen molar-refractivity contribution in [3.8, 4) is 0 Å². The van der Waals surface area contributed by atoms with E-state index in [2.05, 4.69) is 31.4 Å². The maximum atomic E-state index is 12.6. The summed E-state index contributed by atoms with van der Waals surface area (Å²) >= 11 is 0. The number of hydrogen-bond donors (Lipinski definition) is 2. The average Bonchev–Trinajstić information content (AvgIpc) is 2.75. The zero-order valence-corrected chi connectivity index (χ0v) is 19.8. The molecule has 0 aliphatic rings. The van der Waals surface area contributed by atoms with Gasteiger partial charge in [0, 0.05) is 5.56 Å². The lowest BCUT2D eigenvalue weighted by atomic mass is 9.86. The van der Waals surface area contributed by atoms with Gasteiger partial charge in [0.15, 0.2) is 6.61 Å². The van der Waals surface area contributed by atoms with Crippen molar-refractivity contribution in [3.63, 3.8) is 0 Å². The maximum absolute atomic E-state index is 12.6. The number of carbonyl (C=O) groups excluding carboxylic acids is 4. The topological polar surface area (TPSA) is 102 Å². The third-order valence-corrected chi connectivity index (χ3v) is 5.05. The van der Waals surface area contributed by atoms with Crippen LogP contribution in [0.15, 0.2) is 54.6 Å². The first-order valence-corrected chi connectivity index (χ1v) is 10.9. The molecule has 0 aromatic heterocycles. The lowest BCUT2D eigenvalue weighted by Crippen LogP contribution is -2.46. The number of amides is 3. The van der Waals surface area contributed by atoms with Crippen LogP contribution in [0, 0.1) is 5.92 Å². The molecule has 0 bridgehead atoms. The van der Waals surface area contributed by atoms with E-state index in [9.17, 15) is 19.2 Å². The molecule has 0 spiro atoms. The fraction of sp³-hybridized carbons (Fsp3) is 0.385. The van der Waals surface area contributed by atoms with Gasteiger partial charge in [0.2, 0.25) is 5.91 Å². The van der Waals surface area contributed by atoms with E-state index in [4.69, 9.17) is 4.74 Å². The smallest absolute Gasteiger partial charge is 0.329 e. The molecule has 176 valence electrons. The Morgan fingerprint density at radius 3 is 2.03 bits per heavy atom. The van der Waals surface area contributed by atoms with Gasteiger partial charge in [-0.1, -0.05) is 77.1 Å². The van der Waals surface area contributed by atoms with Crippen LogP contribution in [0.25, 0.3) is 0 Å². The third kappa shape index (κ3) is 8.18. The Bertz CT molecular complexity index is 976. The van der Waals surface area contributed by atoms with Gasteiger partial charge in [0.1, 0.15) is 6.04 Å². The highest BCUT2D eigenvalue weighted by Gasteiger charge is 2.27. The molecular weight excluding hydrogens is 420 g/mol. The fourth-order valence-electron chi connectivity index (χ4n) is 3.09. The second-order valence-electron chi connectivity index (χ2n) is 9.26. The Kier molecular flexibility index (Phi) is 8.91. The van der Waals surface area contributed by atoms with Crippen LogP contribution in [0.2, 0.25) is 0 Å². The van der Waals surface area contributed by atoms with Crippen molar-refractivity contribution in [1.29, 1.82) is 0 Å². The van der Waals surface area contributed by atoms with Crippen LogP contribution in [0.4, 0.5) is 0 Å². The predicted octanol–water partition coefficient (Wildman–Crippen LogP) is 3.17. The highest BCUT2D eigenvalue weighted by Crippen LogP contribution is 2.22. The van der Waals surface area contributed by atoms with Crippen LogP contribution in [-0.2, 0) is 31.0 Å². The van der Waals surface area contributed by atoms with Crippen LogP contribution in [0.1, 0.15) is 56.1 Å². The summed E-state index contributed by atoms with van der Waals surface area (Å²) in [6, 6.07) is 15.2. The summed E-state index contributed by atoms with van der Waals surface area (Å²) in [5.74, 6) is -2.63. The molecule has 2 aromatic carbocycles. The van der Waals surface area contributed by atoms with Crippen molar-refractivity contribution in [2.24, 2.45) is 5.92 Å². The highest BCUT2D eigenvalue weighted by molar-refractivity contribution is 5.98. The first-order valence-electron chi connectivity index (χ1n) is 10.9. The number of nitrogens with one attached hydrogen (secondary N) is 2. The summed E-state index contributed by atoms with van der Waals surface area (Å²) in [6.45, 7) is 9.16. The molecule has 7 nitrogen and oxygen atoms in total. The van der Waals surface area contributed by atoms with Crippen molar-refractivity contribution in [1.82, 2.24) is 10.6 Å². The minimum Gasteiger partial charge on any atom is -0.454 e. The molecule has 0 fully saturated rings. The molecule has 0 unspecified atom stereocenters. The molecule has 0 saturated heterocycles.